The fourth-order valence-electron chi connectivity index (χ4n) is 5.00. The Balaban J connectivity index is 4.47. The monoisotopic (exact) mass is 816 g/mol. The molecule has 0 aliphatic rings. The highest BCUT2D eigenvalue weighted by Crippen LogP contribution is 2.38. The molecule has 0 N–H and O–H groups in total. The predicted octanol–water partition coefficient (Wildman–Crippen LogP) is 11.6. The molecule has 0 fully saturated rings. The van der Waals surface area contributed by atoms with Crippen LogP contribution in [0, 0.1) is 0 Å². The Labute approximate surface area is 347 Å². The Morgan fingerprint density at radius 1 is 0.561 bits per heavy atom. The molecule has 9 nitrogen and oxygen atoms in total. The summed E-state index contributed by atoms with van der Waals surface area (Å²) in [5.74, 6) is -0.929. The minimum absolute atomic E-state index is 0.0487. The third kappa shape index (κ3) is 42.4. The Hall–Kier alpha value is -3.07. The van der Waals surface area contributed by atoms with Crippen LogP contribution in [0.25, 0.3) is 0 Å². The highest BCUT2D eigenvalue weighted by Gasteiger charge is 2.21. The number of carbonyl (C=O) groups excluding carboxylic acids is 2. The maximum atomic E-state index is 12.6. The molecule has 0 radical (unpaired) electrons. The molecular weight excluding hydrogens is 737 g/mol. The van der Waals surface area contributed by atoms with Gasteiger partial charge in [0.15, 0.2) is 6.10 Å². The van der Waals surface area contributed by atoms with Gasteiger partial charge in [0.1, 0.15) is 19.8 Å². The van der Waals surface area contributed by atoms with Crippen molar-refractivity contribution in [1.29, 1.82) is 0 Å². The summed E-state index contributed by atoms with van der Waals surface area (Å²) in [5, 5.41) is 0. The summed E-state index contributed by atoms with van der Waals surface area (Å²) in [6.45, 7) is 3.93. The molecule has 0 aliphatic carbocycles. The lowest BCUT2D eigenvalue weighted by molar-refractivity contribution is -0.870. The maximum absolute atomic E-state index is 12.6. The second kappa shape index (κ2) is 38.4. The van der Waals surface area contributed by atoms with Gasteiger partial charge in [-0.05, 0) is 83.5 Å². The van der Waals surface area contributed by atoms with E-state index in [1.165, 1.54) is 6.42 Å². The normalized spacial score (nSPS) is 14.6. The Bertz CT molecular complexity index is 1290. The number of hydrogen-bond acceptors (Lipinski definition) is 8. The number of esters is 2. The number of allylic oxidation sites excluding steroid dienone is 16. The molecule has 0 aliphatic heterocycles. The van der Waals surface area contributed by atoms with Crippen LogP contribution in [0.3, 0.4) is 0 Å². The van der Waals surface area contributed by atoms with Crippen molar-refractivity contribution in [1.82, 2.24) is 0 Å². The molecule has 0 saturated carbocycles. The van der Waals surface area contributed by atoms with Crippen molar-refractivity contribution in [3.8, 4) is 0 Å². The maximum Gasteiger partial charge on any atom is 0.306 e. The van der Waals surface area contributed by atoms with Crippen molar-refractivity contribution < 1.29 is 42.1 Å². The fourth-order valence-corrected chi connectivity index (χ4v) is 5.72. The van der Waals surface area contributed by atoms with Crippen LogP contribution in [0.2, 0.25) is 0 Å². The number of hydrogen-bond donors (Lipinski definition) is 0. The number of nitrogens with zero attached hydrogens (tertiary/aromatic N) is 1. The SMILES string of the molecule is CC/C=C\C/C=C\C/C=C\C/C=C\C/C=C\C/C=C\C/C=C\CCCC(=O)OC(COC(=O)CCCCCCC/C=C\CCC)COP(=O)([O-])OCC[N+](C)(C)C. The zero-order chi connectivity index (χ0) is 42.1. The highest BCUT2D eigenvalue weighted by molar-refractivity contribution is 7.45. The second-order valence-corrected chi connectivity index (χ2v) is 16.4. The van der Waals surface area contributed by atoms with Crippen LogP contribution >= 0.6 is 7.82 Å². The Morgan fingerprint density at radius 3 is 1.56 bits per heavy atom. The smallest absolute Gasteiger partial charge is 0.306 e. The van der Waals surface area contributed by atoms with Crippen LogP contribution in [0.4, 0.5) is 0 Å². The molecule has 0 spiro atoms. The van der Waals surface area contributed by atoms with Gasteiger partial charge in [0.05, 0.1) is 27.7 Å². The Kier molecular flexibility index (Phi) is 36.4. The summed E-state index contributed by atoms with van der Waals surface area (Å²) in [7, 11) is 1.10. The van der Waals surface area contributed by atoms with E-state index in [2.05, 4.69) is 105 Å². The first-order valence-electron chi connectivity index (χ1n) is 21.4. The van der Waals surface area contributed by atoms with E-state index in [9.17, 15) is 19.0 Å². The van der Waals surface area contributed by atoms with Gasteiger partial charge in [0, 0.05) is 12.8 Å². The number of carbonyl (C=O) groups is 2. The lowest BCUT2D eigenvalue weighted by Gasteiger charge is -2.28. The van der Waals surface area contributed by atoms with Crippen molar-refractivity contribution in [2.75, 3.05) is 47.5 Å². The summed E-state index contributed by atoms with van der Waals surface area (Å²) in [6, 6.07) is 0. The standard InChI is InChI=1S/C47H78NO8P/c1-6-8-10-12-14-16-18-19-20-21-22-23-24-25-26-27-28-29-30-32-34-36-38-40-47(50)56-45(44-55-57(51,52)54-42-41-48(3,4)5)43-53-46(49)39-37-35-33-31-17-15-13-11-9-7-2/h8,10-11,13-14,16,19-20,22-23,25-26,28-29,32,34,45H,6-7,9,12,15,17-18,21,24,27,30-31,33,35-44H2,1-5H3/b10-8-,13-11-,16-14-,20-19-,23-22-,26-25-,29-28-,34-32-. The average Bonchev–Trinajstić information content (AvgIpc) is 3.16. The van der Waals surface area contributed by atoms with Gasteiger partial charge >= 0.3 is 11.9 Å². The van der Waals surface area contributed by atoms with Gasteiger partial charge in [-0.2, -0.15) is 0 Å². The van der Waals surface area contributed by atoms with E-state index in [0.29, 0.717) is 30.3 Å². The molecule has 2 unspecified atom stereocenters. The summed E-state index contributed by atoms with van der Waals surface area (Å²) in [5.41, 5.74) is 0. The van der Waals surface area contributed by atoms with Gasteiger partial charge in [-0.25, -0.2) is 0 Å². The van der Waals surface area contributed by atoms with Gasteiger partial charge in [-0.3, -0.25) is 14.2 Å². The van der Waals surface area contributed by atoms with E-state index >= 15 is 0 Å². The fraction of sp³-hybridized carbons (Fsp3) is 0.617. The summed E-state index contributed by atoms with van der Waals surface area (Å²) >= 11 is 0. The first kappa shape index (κ1) is 53.9. The van der Waals surface area contributed by atoms with Gasteiger partial charge in [0.2, 0.25) is 0 Å². The van der Waals surface area contributed by atoms with E-state index in [-0.39, 0.29) is 26.1 Å². The lowest BCUT2D eigenvalue weighted by atomic mass is 10.1. The number of rotatable bonds is 37. The molecule has 0 aromatic heterocycles. The van der Waals surface area contributed by atoms with E-state index in [1.807, 2.05) is 27.2 Å². The van der Waals surface area contributed by atoms with Crippen molar-refractivity contribution >= 4 is 19.8 Å². The van der Waals surface area contributed by atoms with Gasteiger partial charge < -0.3 is 27.9 Å². The van der Waals surface area contributed by atoms with E-state index in [0.717, 1.165) is 83.5 Å². The van der Waals surface area contributed by atoms with Crippen LogP contribution in [0.5, 0.6) is 0 Å². The largest absolute Gasteiger partial charge is 0.756 e. The molecule has 2 atom stereocenters. The van der Waals surface area contributed by atoms with Crippen LogP contribution < -0.4 is 4.89 Å². The number of unbranched alkanes of at least 4 members (excludes halogenated alkanes) is 7. The summed E-state index contributed by atoms with van der Waals surface area (Å²) in [6.07, 6.45) is 50.2. The van der Waals surface area contributed by atoms with E-state index in [4.69, 9.17) is 18.5 Å². The van der Waals surface area contributed by atoms with Crippen LogP contribution in [0.1, 0.15) is 136 Å². The summed E-state index contributed by atoms with van der Waals surface area (Å²) < 4.78 is 33.7. The summed E-state index contributed by atoms with van der Waals surface area (Å²) in [4.78, 5) is 37.4. The number of phosphoric ester groups is 1. The zero-order valence-corrected chi connectivity index (χ0v) is 37.1. The van der Waals surface area contributed by atoms with E-state index in [1.54, 1.807) is 0 Å². The molecule has 0 bridgehead atoms. The number of ether oxygens (including phenoxy) is 2. The van der Waals surface area contributed by atoms with Crippen molar-refractivity contribution in [3.05, 3.63) is 97.2 Å². The number of phosphoric acid groups is 1. The Morgan fingerprint density at radius 2 is 1.02 bits per heavy atom. The van der Waals surface area contributed by atoms with Crippen LogP contribution in [-0.2, 0) is 32.7 Å². The molecule has 0 heterocycles. The molecule has 0 amide bonds. The number of quaternary nitrogens is 1. The average molecular weight is 816 g/mol. The first-order valence-corrected chi connectivity index (χ1v) is 22.9. The lowest BCUT2D eigenvalue weighted by Crippen LogP contribution is -2.37. The first-order chi connectivity index (χ1) is 27.5. The zero-order valence-electron chi connectivity index (χ0n) is 36.2. The molecular formula is C47H78NO8P. The van der Waals surface area contributed by atoms with Gasteiger partial charge in [0.25, 0.3) is 7.82 Å². The van der Waals surface area contributed by atoms with Crippen molar-refractivity contribution in [2.24, 2.45) is 0 Å². The second-order valence-electron chi connectivity index (χ2n) is 15.0. The highest BCUT2D eigenvalue weighted by atomic mass is 31.2. The van der Waals surface area contributed by atoms with Crippen molar-refractivity contribution in [3.63, 3.8) is 0 Å². The molecule has 0 saturated heterocycles. The van der Waals surface area contributed by atoms with Gasteiger partial charge in [-0.15, -0.1) is 0 Å². The minimum atomic E-state index is -4.65. The molecule has 324 valence electrons. The minimum Gasteiger partial charge on any atom is -0.756 e. The van der Waals surface area contributed by atoms with Crippen LogP contribution in [0.15, 0.2) is 97.2 Å². The topological polar surface area (TPSA) is 111 Å². The third-order valence-corrected chi connectivity index (χ3v) is 9.28. The molecule has 0 rings (SSSR count). The predicted molar refractivity (Wildman–Crippen MR) is 235 cm³/mol. The molecule has 57 heavy (non-hydrogen) atoms. The molecule has 10 heteroatoms. The number of likely N-dealkylation sites (N-methyl/N-ethyl adjacent to an activating group) is 1. The van der Waals surface area contributed by atoms with Gasteiger partial charge in [-0.1, -0.05) is 137 Å². The van der Waals surface area contributed by atoms with E-state index < -0.39 is 32.5 Å². The quantitative estimate of drug-likeness (QED) is 0.0200. The van der Waals surface area contributed by atoms with Crippen LogP contribution in [-0.4, -0.2) is 70.0 Å². The molecule has 0 aromatic rings. The molecule has 0 aromatic carbocycles. The third-order valence-electron chi connectivity index (χ3n) is 8.32. The van der Waals surface area contributed by atoms with Crippen molar-refractivity contribution in [2.45, 2.75) is 142 Å².